The molecule has 4 nitrogen and oxygen atoms in total. The summed E-state index contributed by atoms with van der Waals surface area (Å²) in [5, 5.41) is 2.50. The number of fused-ring (bicyclic) bond motifs is 1. The van der Waals surface area contributed by atoms with Crippen molar-refractivity contribution in [1.82, 2.24) is 9.62 Å². The van der Waals surface area contributed by atoms with Gasteiger partial charge in [0.25, 0.3) is 0 Å². The summed E-state index contributed by atoms with van der Waals surface area (Å²) in [6.07, 6.45) is 1.94. The number of rotatable bonds is 5. The van der Waals surface area contributed by atoms with Crippen LogP contribution in [-0.4, -0.2) is 38.2 Å². The van der Waals surface area contributed by atoms with E-state index in [0.29, 0.717) is 0 Å². The minimum absolute atomic E-state index is 0.0200. The van der Waals surface area contributed by atoms with E-state index in [0.717, 1.165) is 25.9 Å². The molecule has 2 aromatic carbocycles. The second-order valence-corrected chi connectivity index (χ2v) is 8.68. The quantitative estimate of drug-likeness (QED) is 0.904. The van der Waals surface area contributed by atoms with E-state index in [9.17, 15) is 8.42 Å². The van der Waals surface area contributed by atoms with Crippen LogP contribution in [0.4, 0.5) is 0 Å². The van der Waals surface area contributed by atoms with Crippen LogP contribution >= 0.6 is 0 Å². The third-order valence-electron chi connectivity index (χ3n) is 4.98. The average molecular weight is 346 g/mol. The Balaban J connectivity index is 1.74. The second-order valence-electron chi connectivity index (χ2n) is 6.64. The molecule has 1 heterocycles. The van der Waals surface area contributed by atoms with Crippen molar-refractivity contribution in [2.45, 2.75) is 38.8 Å². The van der Waals surface area contributed by atoms with Gasteiger partial charge in [-0.15, -0.1) is 0 Å². The maximum atomic E-state index is 11.8. The third kappa shape index (κ3) is 3.97. The van der Waals surface area contributed by atoms with Crippen molar-refractivity contribution in [1.29, 1.82) is 0 Å². The maximum Gasteiger partial charge on any atom is 0.211 e. The smallest absolute Gasteiger partial charge is 0.211 e. The van der Waals surface area contributed by atoms with E-state index in [2.05, 4.69) is 59.0 Å². The van der Waals surface area contributed by atoms with E-state index in [1.165, 1.54) is 16.3 Å². The van der Waals surface area contributed by atoms with Crippen LogP contribution in [0.5, 0.6) is 0 Å². The summed E-state index contributed by atoms with van der Waals surface area (Å²) in [7, 11) is -3.14. The molecule has 2 atom stereocenters. The predicted octanol–water partition coefficient (Wildman–Crippen LogP) is 3.30. The molecule has 0 aliphatic carbocycles. The highest BCUT2D eigenvalue weighted by Gasteiger charge is 2.26. The van der Waals surface area contributed by atoms with Crippen molar-refractivity contribution in [3.05, 3.63) is 48.0 Å². The summed E-state index contributed by atoms with van der Waals surface area (Å²) in [5.41, 5.74) is 1.28. The molecule has 24 heavy (non-hydrogen) atoms. The Bertz CT molecular complexity index is 804. The number of piperidine rings is 1. The van der Waals surface area contributed by atoms with Gasteiger partial charge in [0.2, 0.25) is 10.0 Å². The first-order chi connectivity index (χ1) is 11.5. The number of hydrogen-bond donors (Lipinski definition) is 1. The lowest BCUT2D eigenvalue weighted by Crippen LogP contribution is -2.48. The first-order valence-electron chi connectivity index (χ1n) is 8.71. The molecule has 0 unspecified atom stereocenters. The minimum atomic E-state index is -3.14. The van der Waals surface area contributed by atoms with Gasteiger partial charge >= 0.3 is 0 Å². The Labute approximate surface area is 144 Å². The Morgan fingerprint density at radius 2 is 1.96 bits per heavy atom. The molecule has 0 spiro atoms. The summed E-state index contributed by atoms with van der Waals surface area (Å²) in [6, 6.07) is 15.3. The van der Waals surface area contributed by atoms with Crippen LogP contribution in [0.25, 0.3) is 10.8 Å². The molecule has 3 rings (SSSR count). The topological polar surface area (TPSA) is 49.4 Å². The van der Waals surface area contributed by atoms with E-state index in [1.54, 1.807) is 6.92 Å². The molecule has 1 fully saturated rings. The van der Waals surface area contributed by atoms with Crippen LogP contribution in [0.3, 0.4) is 0 Å². The fraction of sp³-hybridized carbons (Fsp3) is 0.474. The van der Waals surface area contributed by atoms with Gasteiger partial charge in [-0.3, -0.25) is 4.90 Å². The predicted molar refractivity (Wildman–Crippen MR) is 99.6 cm³/mol. The molecule has 1 saturated heterocycles. The standard InChI is InChI=1S/C19H26N2O2S/c1-3-24(22,23)20-19-9-6-12-21(14-19)15(2)17-11-10-16-7-4-5-8-18(16)13-17/h4-5,7-8,10-11,13,15,19-20H,3,6,9,12,14H2,1-2H3/t15-,19+/m0/s1. The van der Waals surface area contributed by atoms with Crippen molar-refractivity contribution in [3.63, 3.8) is 0 Å². The fourth-order valence-corrected chi connectivity index (χ4v) is 4.34. The SMILES string of the molecule is CCS(=O)(=O)N[C@@H]1CCCN([C@@H](C)c2ccc3ccccc3c2)C1. The van der Waals surface area contributed by atoms with Gasteiger partial charge in [-0.1, -0.05) is 36.4 Å². The van der Waals surface area contributed by atoms with Crippen molar-refractivity contribution in [2.75, 3.05) is 18.8 Å². The van der Waals surface area contributed by atoms with E-state index in [-0.39, 0.29) is 17.8 Å². The van der Waals surface area contributed by atoms with Gasteiger partial charge in [0, 0.05) is 18.6 Å². The van der Waals surface area contributed by atoms with Crippen molar-refractivity contribution in [3.8, 4) is 0 Å². The summed E-state index contributed by atoms with van der Waals surface area (Å²) < 4.78 is 26.5. The minimum Gasteiger partial charge on any atom is -0.295 e. The van der Waals surface area contributed by atoms with Gasteiger partial charge in [0.15, 0.2) is 0 Å². The molecule has 1 N–H and O–H groups in total. The Kier molecular flexibility index (Phi) is 5.23. The maximum absolute atomic E-state index is 11.8. The summed E-state index contributed by atoms with van der Waals surface area (Å²) >= 11 is 0. The first kappa shape index (κ1) is 17.4. The largest absolute Gasteiger partial charge is 0.295 e. The molecule has 0 amide bonds. The molecule has 1 aliphatic heterocycles. The zero-order valence-electron chi connectivity index (χ0n) is 14.4. The number of hydrogen-bond acceptors (Lipinski definition) is 3. The van der Waals surface area contributed by atoms with E-state index >= 15 is 0 Å². The van der Waals surface area contributed by atoms with Crippen molar-refractivity contribution >= 4 is 20.8 Å². The second kappa shape index (κ2) is 7.21. The van der Waals surface area contributed by atoms with E-state index in [4.69, 9.17) is 0 Å². The number of likely N-dealkylation sites (tertiary alicyclic amines) is 1. The molecule has 0 radical (unpaired) electrons. The Morgan fingerprint density at radius 1 is 1.21 bits per heavy atom. The number of sulfonamides is 1. The zero-order chi connectivity index (χ0) is 17.2. The van der Waals surface area contributed by atoms with Crippen LogP contribution < -0.4 is 4.72 Å². The summed E-state index contributed by atoms with van der Waals surface area (Å²) in [5.74, 6) is 0.143. The molecular formula is C19H26N2O2S. The number of benzene rings is 2. The van der Waals surface area contributed by atoms with Gasteiger partial charge in [-0.05, 0) is 55.6 Å². The normalized spacial score (nSPS) is 21.0. The molecule has 1 aliphatic rings. The summed E-state index contributed by atoms with van der Waals surface area (Å²) in [6.45, 7) is 5.67. The lowest BCUT2D eigenvalue weighted by Gasteiger charge is -2.37. The van der Waals surface area contributed by atoms with Gasteiger partial charge in [-0.2, -0.15) is 0 Å². The Hall–Kier alpha value is -1.43. The van der Waals surface area contributed by atoms with Crippen LogP contribution in [0.15, 0.2) is 42.5 Å². The van der Waals surface area contributed by atoms with Gasteiger partial charge in [0.05, 0.1) is 5.75 Å². The molecule has 0 bridgehead atoms. The van der Waals surface area contributed by atoms with Crippen molar-refractivity contribution in [2.24, 2.45) is 0 Å². The highest BCUT2D eigenvalue weighted by molar-refractivity contribution is 7.89. The van der Waals surface area contributed by atoms with E-state index in [1.807, 2.05) is 0 Å². The highest BCUT2D eigenvalue weighted by atomic mass is 32.2. The van der Waals surface area contributed by atoms with E-state index < -0.39 is 10.0 Å². The monoisotopic (exact) mass is 346 g/mol. The van der Waals surface area contributed by atoms with Crippen LogP contribution in [0.2, 0.25) is 0 Å². The van der Waals surface area contributed by atoms with Crippen LogP contribution in [0.1, 0.15) is 38.3 Å². The number of nitrogens with zero attached hydrogens (tertiary/aromatic N) is 1. The fourth-order valence-electron chi connectivity index (χ4n) is 3.47. The van der Waals surface area contributed by atoms with Gasteiger partial charge in [0.1, 0.15) is 0 Å². The van der Waals surface area contributed by atoms with Gasteiger partial charge < -0.3 is 0 Å². The zero-order valence-corrected chi connectivity index (χ0v) is 15.2. The summed E-state index contributed by atoms with van der Waals surface area (Å²) in [4.78, 5) is 2.39. The lowest BCUT2D eigenvalue weighted by molar-refractivity contribution is 0.154. The highest BCUT2D eigenvalue weighted by Crippen LogP contribution is 2.27. The van der Waals surface area contributed by atoms with Crippen molar-refractivity contribution < 1.29 is 8.42 Å². The first-order valence-corrected chi connectivity index (χ1v) is 10.4. The Morgan fingerprint density at radius 3 is 2.71 bits per heavy atom. The van der Waals surface area contributed by atoms with Crippen LogP contribution in [-0.2, 0) is 10.0 Å². The number of nitrogens with one attached hydrogen (secondary N) is 1. The third-order valence-corrected chi connectivity index (χ3v) is 6.44. The molecular weight excluding hydrogens is 320 g/mol. The average Bonchev–Trinajstić information content (AvgIpc) is 2.60. The lowest BCUT2D eigenvalue weighted by atomic mass is 9.98. The molecule has 0 saturated carbocycles. The van der Waals surface area contributed by atoms with Gasteiger partial charge in [-0.25, -0.2) is 13.1 Å². The molecule has 130 valence electrons. The molecule has 5 heteroatoms. The molecule has 2 aromatic rings. The molecule has 0 aromatic heterocycles. The van der Waals surface area contributed by atoms with Crippen LogP contribution in [0, 0.1) is 0 Å².